The van der Waals surface area contributed by atoms with Gasteiger partial charge in [-0.1, -0.05) is 36.4 Å². The fourth-order valence-corrected chi connectivity index (χ4v) is 7.86. The highest BCUT2D eigenvalue weighted by molar-refractivity contribution is 5.96. The molecule has 4 N–H and O–H groups in total. The van der Waals surface area contributed by atoms with Gasteiger partial charge in [-0.25, -0.2) is 0 Å². The number of carbonyl (C=O) groups excluding carboxylic acids is 1. The standard InChI is InChI=1S/C38H42F3N7O2/c39-38(40,41)50-32-9-7-27(8-10-32)34-25-46(17-3-14-45-36(49)37(43)12-15-44-16-13-37)35-11-6-26(18-33(34)35)21-47-23-31-19-30(47)24-48(31)22-29-5-2-1-4-28(29)20-42/h1-2,4-11,18,25,30-31,44H,3,12-17,19,21-24,43H2,(H,45,49). The lowest BCUT2D eigenvalue weighted by Crippen LogP contribution is -2.59. The Morgan fingerprint density at radius 2 is 1.74 bits per heavy atom. The summed E-state index contributed by atoms with van der Waals surface area (Å²) in [6, 6.07) is 23.5. The van der Waals surface area contributed by atoms with Gasteiger partial charge in [0.1, 0.15) is 5.75 Å². The van der Waals surface area contributed by atoms with Crippen molar-refractivity contribution in [2.24, 2.45) is 5.73 Å². The van der Waals surface area contributed by atoms with Crippen molar-refractivity contribution in [2.75, 3.05) is 32.7 Å². The molecule has 1 aromatic heterocycles. The number of benzene rings is 3. The number of hydrogen-bond donors (Lipinski definition) is 3. The Bertz CT molecular complexity index is 1880. The lowest BCUT2D eigenvalue weighted by Gasteiger charge is -2.34. The van der Waals surface area contributed by atoms with Crippen LogP contribution >= 0.6 is 0 Å². The predicted molar refractivity (Wildman–Crippen MR) is 185 cm³/mol. The third-order valence-corrected chi connectivity index (χ3v) is 10.5. The molecule has 0 aliphatic carbocycles. The summed E-state index contributed by atoms with van der Waals surface area (Å²) in [6.07, 6.45) is 0.286. The molecule has 7 rings (SSSR count). The van der Waals surface area contributed by atoms with E-state index in [2.05, 4.69) is 54.0 Å². The number of alkyl halides is 3. The number of nitriles is 1. The molecule has 0 spiro atoms. The molecule has 3 saturated heterocycles. The normalized spacial score (nSPS) is 20.6. The molecular formula is C38H42F3N7O2. The maximum Gasteiger partial charge on any atom is 0.573 e. The molecule has 262 valence electrons. The zero-order valence-electron chi connectivity index (χ0n) is 27.9. The topological polar surface area (TPSA) is 112 Å². The number of aromatic nitrogens is 1. The summed E-state index contributed by atoms with van der Waals surface area (Å²) in [7, 11) is 0. The second kappa shape index (κ2) is 14.1. The van der Waals surface area contributed by atoms with Crippen LogP contribution in [0.1, 0.15) is 42.4 Å². The van der Waals surface area contributed by atoms with Crippen LogP contribution in [0, 0.1) is 11.3 Å². The number of nitrogens with one attached hydrogen (secondary N) is 2. The van der Waals surface area contributed by atoms with Gasteiger partial charge in [0.15, 0.2) is 0 Å². The highest BCUT2D eigenvalue weighted by atomic mass is 19.4. The van der Waals surface area contributed by atoms with E-state index in [0.29, 0.717) is 44.4 Å². The largest absolute Gasteiger partial charge is 0.573 e. The van der Waals surface area contributed by atoms with Crippen LogP contribution in [-0.4, -0.2) is 77.0 Å². The fourth-order valence-electron chi connectivity index (χ4n) is 7.86. The molecule has 4 heterocycles. The second-order valence-electron chi connectivity index (χ2n) is 13.8. The molecule has 2 bridgehead atoms. The number of piperidine rings is 1. The zero-order chi connectivity index (χ0) is 34.9. The Hall–Kier alpha value is -4.41. The molecular weight excluding hydrogens is 643 g/mol. The SMILES string of the molecule is N#Cc1ccccc1CN1CC2CC1CN2Cc1ccc2c(c1)c(-c1ccc(OC(F)(F)F)cc1)cn2CCCNC(=O)C1(N)CCNCC1. The van der Waals surface area contributed by atoms with Gasteiger partial charge in [-0.15, -0.1) is 13.2 Å². The Morgan fingerprint density at radius 1 is 1.02 bits per heavy atom. The van der Waals surface area contributed by atoms with E-state index in [1.165, 1.54) is 17.7 Å². The summed E-state index contributed by atoms with van der Waals surface area (Å²) in [5.74, 6) is -0.379. The minimum atomic E-state index is -4.76. The number of rotatable bonds is 11. The van der Waals surface area contributed by atoms with Crippen LogP contribution in [0.5, 0.6) is 5.75 Å². The van der Waals surface area contributed by atoms with Crippen molar-refractivity contribution in [3.8, 4) is 22.9 Å². The second-order valence-corrected chi connectivity index (χ2v) is 13.8. The number of nitrogens with two attached hydrogens (primary N) is 1. The Labute approximate surface area is 289 Å². The van der Waals surface area contributed by atoms with Gasteiger partial charge < -0.3 is 25.7 Å². The molecule has 0 radical (unpaired) electrons. The van der Waals surface area contributed by atoms with Gasteiger partial charge in [0.25, 0.3) is 0 Å². The lowest BCUT2D eigenvalue weighted by atomic mass is 9.88. The fraction of sp³-hybridized carbons (Fsp3) is 0.421. The predicted octanol–water partition coefficient (Wildman–Crippen LogP) is 5.12. The number of aryl methyl sites for hydroxylation is 1. The molecule has 50 heavy (non-hydrogen) atoms. The van der Waals surface area contributed by atoms with E-state index in [-0.39, 0.29) is 11.7 Å². The van der Waals surface area contributed by atoms with Gasteiger partial charge in [-0.2, -0.15) is 5.26 Å². The molecule has 3 aliphatic rings. The van der Waals surface area contributed by atoms with Crippen LogP contribution in [0.3, 0.4) is 0 Å². The number of fused-ring (bicyclic) bond motifs is 3. The molecule has 9 nitrogen and oxygen atoms in total. The van der Waals surface area contributed by atoms with Crippen LogP contribution in [0.25, 0.3) is 22.0 Å². The average molecular weight is 686 g/mol. The van der Waals surface area contributed by atoms with Crippen molar-refractivity contribution in [2.45, 2.75) is 69.3 Å². The van der Waals surface area contributed by atoms with Crippen LogP contribution in [-0.2, 0) is 24.4 Å². The molecule has 3 aromatic carbocycles. The van der Waals surface area contributed by atoms with Crippen molar-refractivity contribution in [1.82, 2.24) is 25.0 Å². The monoisotopic (exact) mass is 685 g/mol. The average Bonchev–Trinajstić information content (AvgIpc) is 3.79. The number of piperazine rings is 1. The third-order valence-electron chi connectivity index (χ3n) is 10.5. The van der Waals surface area contributed by atoms with Crippen molar-refractivity contribution in [1.29, 1.82) is 5.26 Å². The van der Waals surface area contributed by atoms with E-state index < -0.39 is 11.9 Å². The Morgan fingerprint density at radius 3 is 2.44 bits per heavy atom. The smallest absolute Gasteiger partial charge is 0.406 e. The first-order chi connectivity index (χ1) is 24.1. The molecule has 0 saturated carbocycles. The van der Waals surface area contributed by atoms with E-state index in [0.717, 1.165) is 78.8 Å². The molecule has 2 unspecified atom stereocenters. The molecule has 2 atom stereocenters. The van der Waals surface area contributed by atoms with Gasteiger partial charge >= 0.3 is 6.36 Å². The summed E-state index contributed by atoms with van der Waals surface area (Å²) in [6.45, 7) is 6.07. The molecule has 3 aliphatic heterocycles. The zero-order valence-corrected chi connectivity index (χ0v) is 27.9. The first-order valence-electron chi connectivity index (χ1n) is 17.3. The van der Waals surface area contributed by atoms with E-state index in [4.69, 9.17) is 5.73 Å². The van der Waals surface area contributed by atoms with Gasteiger partial charge in [0, 0.05) is 74.0 Å². The van der Waals surface area contributed by atoms with Crippen molar-refractivity contribution < 1.29 is 22.7 Å². The van der Waals surface area contributed by atoms with E-state index in [1.54, 1.807) is 12.1 Å². The van der Waals surface area contributed by atoms with E-state index in [9.17, 15) is 23.2 Å². The number of hydrogen-bond acceptors (Lipinski definition) is 7. The quantitative estimate of drug-likeness (QED) is 0.188. The van der Waals surface area contributed by atoms with Gasteiger partial charge in [0.2, 0.25) is 5.91 Å². The number of ether oxygens (including phenoxy) is 1. The van der Waals surface area contributed by atoms with Crippen LogP contribution in [0.15, 0.2) is 72.9 Å². The molecule has 3 fully saturated rings. The minimum Gasteiger partial charge on any atom is -0.406 e. The Balaban J connectivity index is 1.06. The summed E-state index contributed by atoms with van der Waals surface area (Å²) in [5, 5.41) is 16.8. The molecule has 4 aromatic rings. The number of nitrogens with zero attached hydrogens (tertiary/aromatic N) is 4. The highest BCUT2D eigenvalue weighted by Gasteiger charge is 2.43. The van der Waals surface area contributed by atoms with Crippen LogP contribution < -0.4 is 21.1 Å². The summed E-state index contributed by atoms with van der Waals surface area (Å²) in [4.78, 5) is 17.9. The van der Waals surface area contributed by atoms with Crippen LogP contribution in [0.4, 0.5) is 13.2 Å². The van der Waals surface area contributed by atoms with Gasteiger partial charge in [-0.3, -0.25) is 14.6 Å². The van der Waals surface area contributed by atoms with Gasteiger partial charge in [-0.05, 0) is 85.8 Å². The maximum atomic E-state index is 12.8. The Kier molecular flexibility index (Phi) is 9.59. The summed E-state index contributed by atoms with van der Waals surface area (Å²) >= 11 is 0. The maximum absolute atomic E-state index is 12.8. The summed E-state index contributed by atoms with van der Waals surface area (Å²) < 4.78 is 44.8. The van der Waals surface area contributed by atoms with Crippen LogP contribution in [0.2, 0.25) is 0 Å². The highest BCUT2D eigenvalue weighted by Crippen LogP contribution is 2.36. The molecule has 1 amide bonds. The number of carbonyl (C=O) groups is 1. The number of amides is 1. The number of halogens is 3. The number of likely N-dealkylation sites (tertiary alicyclic amines) is 2. The van der Waals surface area contributed by atoms with Gasteiger partial charge in [0.05, 0.1) is 17.2 Å². The van der Waals surface area contributed by atoms with E-state index >= 15 is 0 Å². The molecule has 12 heteroatoms. The third kappa shape index (κ3) is 7.37. The van der Waals surface area contributed by atoms with Crippen molar-refractivity contribution in [3.05, 3.63) is 89.6 Å². The summed E-state index contributed by atoms with van der Waals surface area (Å²) in [5.41, 5.74) is 11.2. The first-order valence-corrected chi connectivity index (χ1v) is 17.3. The first kappa shape index (κ1) is 34.1. The minimum absolute atomic E-state index is 0.117. The van der Waals surface area contributed by atoms with E-state index in [1.807, 2.05) is 30.5 Å². The van der Waals surface area contributed by atoms with Crippen molar-refractivity contribution in [3.63, 3.8) is 0 Å². The van der Waals surface area contributed by atoms with Crippen molar-refractivity contribution >= 4 is 16.8 Å². The lowest BCUT2D eigenvalue weighted by molar-refractivity contribution is -0.274.